The lowest BCUT2D eigenvalue weighted by Crippen LogP contribution is -2.19. The number of hydrogen-bond acceptors (Lipinski definition) is 1. The molecular formula is C27H29N. The number of fused-ring (bicyclic) bond motifs is 3. The molecule has 1 heterocycles. The number of rotatable bonds is 1. The van der Waals surface area contributed by atoms with Crippen molar-refractivity contribution >= 4 is 17.1 Å². The lowest BCUT2D eigenvalue weighted by Gasteiger charge is -2.34. The molecule has 0 fully saturated rings. The number of nitrogens with zero attached hydrogens (tertiary/aromatic N) is 1. The minimum absolute atomic E-state index is 1.15. The minimum Gasteiger partial charge on any atom is -0.310 e. The fraction of sp³-hybridized carbons (Fsp3) is 0.333. The molecule has 5 rings (SSSR count). The first kappa shape index (κ1) is 17.6. The van der Waals surface area contributed by atoms with Gasteiger partial charge < -0.3 is 4.90 Å². The maximum Gasteiger partial charge on any atom is 0.0496 e. The van der Waals surface area contributed by atoms with Gasteiger partial charge in [0.05, 0.1) is 0 Å². The summed E-state index contributed by atoms with van der Waals surface area (Å²) >= 11 is 0. The molecule has 0 aromatic heterocycles. The molecule has 1 aliphatic carbocycles. The van der Waals surface area contributed by atoms with Gasteiger partial charge >= 0.3 is 0 Å². The Morgan fingerprint density at radius 3 is 1.86 bits per heavy atom. The molecule has 0 saturated heterocycles. The molecule has 1 aliphatic heterocycles. The second-order valence-corrected chi connectivity index (χ2v) is 8.58. The van der Waals surface area contributed by atoms with Gasteiger partial charge in [-0.3, -0.25) is 0 Å². The van der Waals surface area contributed by atoms with Crippen molar-refractivity contribution in [3.63, 3.8) is 0 Å². The molecule has 0 spiro atoms. The highest BCUT2D eigenvalue weighted by atomic mass is 15.2. The van der Waals surface area contributed by atoms with Crippen LogP contribution in [0.1, 0.15) is 52.6 Å². The molecule has 0 saturated carbocycles. The van der Waals surface area contributed by atoms with Crippen molar-refractivity contribution in [3.8, 4) is 0 Å². The van der Waals surface area contributed by atoms with Crippen LogP contribution in [-0.4, -0.2) is 0 Å². The van der Waals surface area contributed by atoms with Crippen molar-refractivity contribution < 1.29 is 0 Å². The average molecular weight is 368 g/mol. The predicted molar refractivity (Wildman–Crippen MR) is 119 cm³/mol. The van der Waals surface area contributed by atoms with E-state index in [-0.39, 0.29) is 0 Å². The first-order valence-electron chi connectivity index (χ1n) is 10.8. The molecule has 0 atom stereocenters. The molecule has 0 radical (unpaired) electrons. The summed E-state index contributed by atoms with van der Waals surface area (Å²) in [6.45, 7) is 4.43. The lowest BCUT2D eigenvalue weighted by molar-refractivity contribution is 0.685. The molecule has 1 heteroatoms. The normalized spacial score (nSPS) is 15.9. The molecule has 142 valence electrons. The first-order chi connectivity index (χ1) is 13.7. The Morgan fingerprint density at radius 2 is 1.18 bits per heavy atom. The maximum absolute atomic E-state index is 2.58. The van der Waals surface area contributed by atoms with Crippen molar-refractivity contribution in [2.24, 2.45) is 0 Å². The summed E-state index contributed by atoms with van der Waals surface area (Å²) in [5, 5.41) is 0. The third kappa shape index (κ3) is 3.03. The third-order valence-electron chi connectivity index (χ3n) is 6.46. The topological polar surface area (TPSA) is 3.24 Å². The van der Waals surface area contributed by atoms with E-state index in [0.717, 1.165) is 12.8 Å². The lowest BCUT2D eigenvalue weighted by atomic mass is 9.88. The van der Waals surface area contributed by atoms with E-state index in [1.165, 1.54) is 71.4 Å². The van der Waals surface area contributed by atoms with Gasteiger partial charge in [0.1, 0.15) is 0 Å². The van der Waals surface area contributed by atoms with Crippen LogP contribution in [0.4, 0.5) is 17.1 Å². The van der Waals surface area contributed by atoms with E-state index in [9.17, 15) is 0 Å². The number of aryl methyl sites for hydroxylation is 5. The Labute approximate surface area is 169 Å². The van der Waals surface area contributed by atoms with Gasteiger partial charge in [0, 0.05) is 17.1 Å². The van der Waals surface area contributed by atoms with Crippen molar-refractivity contribution in [1.82, 2.24) is 0 Å². The summed E-state index contributed by atoms with van der Waals surface area (Å²) in [6.07, 6.45) is 8.56. The summed E-state index contributed by atoms with van der Waals surface area (Å²) < 4.78 is 0. The molecule has 0 N–H and O–H groups in total. The Hall–Kier alpha value is -2.54. The fourth-order valence-electron chi connectivity index (χ4n) is 5.09. The van der Waals surface area contributed by atoms with E-state index in [4.69, 9.17) is 0 Å². The first-order valence-corrected chi connectivity index (χ1v) is 10.8. The summed E-state index contributed by atoms with van der Waals surface area (Å²) in [4.78, 5) is 2.58. The van der Waals surface area contributed by atoms with Crippen LogP contribution in [0.25, 0.3) is 0 Å². The van der Waals surface area contributed by atoms with Crippen LogP contribution in [0.2, 0.25) is 0 Å². The molecule has 3 aromatic carbocycles. The van der Waals surface area contributed by atoms with Crippen LogP contribution in [0.3, 0.4) is 0 Å². The summed E-state index contributed by atoms with van der Waals surface area (Å²) in [5.74, 6) is 0. The van der Waals surface area contributed by atoms with E-state index in [0.29, 0.717) is 0 Å². The van der Waals surface area contributed by atoms with Crippen LogP contribution < -0.4 is 4.90 Å². The van der Waals surface area contributed by atoms with E-state index < -0.39 is 0 Å². The van der Waals surface area contributed by atoms with E-state index in [2.05, 4.69) is 73.3 Å². The fourth-order valence-corrected chi connectivity index (χ4v) is 5.09. The summed E-state index contributed by atoms with van der Waals surface area (Å²) in [6, 6.07) is 21.0. The van der Waals surface area contributed by atoms with Gasteiger partial charge in [0.2, 0.25) is 0 Å². The average Bonchev–Trinajstić information content (AvgIpc) is 2.70. The molecule has 0 unspecified atom stereocenters. The van der Waals surface area contributed by atoms with Crippen LogP contribution in [-0.2, 0) is 25.7 Å². The third-order valence-corrected chi connectivity index (χ3v) is 6.46. The predicted octanol–water partition coefficient (Wildman–Crippen LogP) is 7.14. The number of benzene rings is 3. The molecular weight excluding hydrogens is 338 g/mol. The summed E-state index contributed by atoms with van der Waals surface area (Å²) in [5.41, 5.74) is 12.9. The number of anilines is 3. The Bertz CT molecular complexity index is 977. The second-order valence-electron chi connectivity index (χ2n) is 8.58. The quantitative estimate of drug-likeness (QED) is 0.442. The summed E-state index contributed by atoms with van der Waals surface area (Å²) in [7, 11) is 0. The van der Waals surface area contributed by atoms with Crippen LogP contribution in [0, 0.1) is 13.8 Å². The van der Waals surface area contributed by atoms with Crippen molar-refractivity contribution in [2.75, 3.05) is 4.90 Å². The SMILES string of the molecule is Cc1ccc2c(c1)CCCc1cc(C)ccc1N2c1cccc2c1CCCC2. The molecule has 2 aliphatic rings. The van der Waals surface area contributed by atoms with Crippen LogP contribution >= 0.6 is 0 Å². The van der Waals surface area contributed by atoms with Gasteiger partial charge in [-0.25, -0.2) is 0 Å². The highest BCUT2D eigenvalue weighted by molar-refractivity contribution is 5.83. The molecule has 1 nitrogen and oxygen atoms in total. The van der Waals surface area contributed by atoms with Gasteiger partial charge in [-0.05, 0) is 99.2 Å². The van der Waals surface area contributed by atoms with Gasteiger partial charge in [-0.2, -0.15) is 0 Å². The van der Waals surface area contributed by atoms with Gasteiger partial charge in [0.15, 0.2) is 0 Å². The van der Waals surface area contributed by atoms with Gasteiger partial charge in [-0.15, -0.1) is 0 Å². The van der Waals surface area contributed by atoms with E-state index in [1.807, 2.05) is 0 Å². The zero-order chi connectivity index (χ0) is 19.1. The minimum atomic E-state index is 1.15. The van der Waals surface area contributed by atoms with Gasteiger partial charge in [0.25, 0.3) is 0 Å². The molecule has 0 amide bonds. The largest absolute Gasteiger partial charge is 0.310 e. The molecule has 0 bridgehead atoms. The monoisotopic (exact) mass is 367 g/mol. The van der Waals surface area contributed by atoms with E-state index >= 15 is 0 Å². The van der Waals surface area contributed by atoms with Crippen molar-refractivity contribution in [1.29, 1.82) is 0 Å². The standard InChI is InChI=1S/C27H29N/c1-19-13-15-25-22(17-19)9-5-10-23-18-20(2)14-16-26(23)28(25)27-12-6-8-21-7-3-4-11-24(21)27/h6,8,12-18H,3-5,7,9-11H2,1-2H3. The Balaban J connectivity index is 1.79. The second kappa shape index (κ2) is 7.13. The van der Waals surface area contributed by atoms with Crippen LogP contribution in [0.15, 0.2) is 54.6 Å². The zero-order valence-corrected chi connectivity index (χ0v) is 17.1. The zero-order valence-electron chi connectivity index (χ0n) is 17.1. The molecule has 28 heavy (non-hydrogen) atoms. The van der Waals surface area contributed by atoms with E-state index in [1.54, 1.807) is 11.1 Å². The Kier molecular flexibility index (Phi) is 4.47. The number of hydrogen-bond donors (Lipinski definition) is 0. The highest BCUT2D eigenvalue weighted by Gasteiger charge is 2.24. The van der Waals surface area contributed by atoms with Gasteiger partial charge in [-0.1, -0.05) is 47.5 Å². The Morgan fingerprint density at radius 1 is 0.571 bits per heavy atom. The van der Waals surface area contributed by atoms with Crippen molar-refractivity contribution in [2.45, 2.75) is 58.8 Å². The van der Waals surface area contributed by atoms with Crippen molar-refractivity contribution in [3.05, 3.63) is 88.0 Å². The van der Waals surface area contributed by atoms with Crippen LogP contribution in [0.5, 0.6) is 0 Å². The molecule has 3 aromatic rings. The highest BCUT2D eigenvalue weighted by Crippen LogP contribution is 2.44. The smallest absolute Gasteiger partial charge is 0.0496 e. The maximum atomic E-state index is 2.58.